The van der Waals surface area contributed by atoms with E-state index in [9.17, 15) is 18.4 Å². The lowest BCUT2D eigenvalue weighted by Gasteiger charge is -2.13. The monoisotopic (exact) mass is 436 g/mol. The van der Waals surface area contributed by atoms with Crippen molar-refractivity contribution in [2.75, 3.05) is 25.6 Å². The van der Waals surface area contributed by atoms with Crippen LogP contribution in [-0.4, -0.2) is 38.7 Å². The Kier molecular flexibility index (Phi) is 9.05. The molecule has 0 radical (unpaired) electrons. The van der Waals surface area contributed by atoms with Crippen LogP contribution in [0, 0.1) is 6.92 Å². The van der Waals surface area contributed by atoms with Gasteiger partial charge < -0.3 is 24.8 Å². The van der Waals surface area contributed by atoms with Gasteiger partial charge in [0.1, 0.15) is 5.75 Å². The van der Waals surface area contributed by atoms with Gasteiger partial charge in [0, 0.05) is 11.3 Å². The van der Waals surface area contributed by atoms with Crippen molar-refractivity contribution >= 4 is 17.5 Å². The van der Waals surface area contributed by atoms with Crippen molar-refractivity contribution in [3.8, 4) is 17.2 Å². The fraction of sp³-hybridized carbons (Fsp3) is 0.364. The number of hydrogen-bond acceptors (Lipinski definition) is 5. The van der Waals surface area contributed by atoms with Gasteiger partial charge >= 0.3 is 6.61 Å². The lowest BCUT2D eigenvalue weighted by Crippen LogP contribution is -2.33. The second-order valence-electron chi connectivity index (χ2n) is 6.65. The zero-order valence-corrected chi connectivity index (χ0v) is 17.7. The summed E-state index contributed by atoms with van der Waals surface area (Å²) in [5.74, 6) is -0.460. The minimum absolute atomic E-state index is 0.0192. The van der Waals surface area contributed by atoms with Gasteiger partial charge in [0.15, 0.2) is 11.5 Å². The first-order chi connectivity index (χ1) is 14.8. The molecule has 0 saturated heterocycles. The van der Waals surface area contributed by atoms with Crippen LogP contribution in [0.5, 0.6) is 17.2 Å². The van der Waals surface area contributed by atoms with Crippen LogP contribution in [0.25, 0.3) is 0 Å². The number of carbonyl (C=O) groups excluding carboxylic acids is 2. The normalized spacial score (nSPS) is 10.5. The molecule has 0 unspecified atom stereocenters. The van der Waals surface area contributed by atoms with Crippen LogP contribution in [0.4, 0.5) is 14.5 Å². The highest BCUT2D eigenvalue weighted by Gasteiger charge is 2.15. The molecule has 0 atom stereocenters. The van der Waals surface area contributed by atoms with Crippen LogP contribution >= 0.6 is 0 Å². The molecule has 0 aliphatic carbocycles. The van der Waals surface area contributed by atoms with E-state index in [0.29, 0.717) is 12.3 Å². The third-order valence-corrected chi connectivity index (χ3v) is 4.29. The van der Waals surface area contributed by atoms with Gasteiger partial charge in [0.2, 0.25) is 5.91 Å². The number of rotatable bonds is 11. The first-order valence-corrected chi connectivity index (χ1v) is 9.78. The van der Waals surface area contributed by atoms with Crippen molar-refractivity contribution in [2.24, 2.45) is 0 Å². The quantitative estimate of drug-likeness (QED) is 0.517. The predicted octanol–water partition coefficient (Wildman–Crippen LogP) is 4.15. The average Bonchev–Trinajstić information content (AvgIpc) is 2.74. The molecule has 7 nitrogen and oxygen atoms in total. The molecule has 2 aromatic carbocycles. The van der Waals surface area contributed by atoms with Crippen molar-refractivity contribution in [3.05, 3.63) is 47.5 Å². The summed E-state index contributed by atoms with van der Waals surface area (Å²) in [6.07, 6.45) is 2.00. The van der Waals surface area contributed by atoms with Crippen LogP contribution in [0.1, 0.15) is 35.7 Å². The maximum absolute atomic E-state index is 12.4. The van der Waals surface area contributed by atoms with E-state index in [0.717, 1.165) is 24.2 Å². The number of amides is 2. The SMILES string of the molecule is CCCCOc1ccc(NC(=O)CNC(=O)c2ccc(OC(F)F)c(OC)c2)c(C)c1. The maximum atomic E-state index is 12.4. The molecule has 2 rings (SSSR count). The molecule has 0 bridgehead atoms. The largest absolute Gasteiger partial charge is 0.494 e. The van der Waals surface area contributed by atoms with E-state index in [4.69, 9.17) is 9.47 Å². The maximum Gasteiger partial charge on any atom is 0.387 e. The molecule has 2 N–H and O–H groups in total. The van der Waals surface area contributed by atoms with Gasteiger partial charge in [-0.25, -0.2) is 0 Å². The van der Waals surface area contributed by atoms with Crippen molar-refractivity contribution in [1.29, 1.82) is 0 Å². The molecule has 2 aromatic rings. The van der Waals surface area contributed by atoms with Crippen LogP contribution in [-0.2, 0) is 4.79 Å². The summed E-state index contributed by atoms with van der Waals surface area (Å²) < 4.78 is 39.7. The van der Waals surface area contributed by atoms with Crippen molar-refractivity contribution < 1.29 is 32.6 Å². The number of benzene rings is 2. The number of unbranched alkanes of at least 4 members (excludes halogenated alkanes) is 1. The van der Waals surface area contributed by atoms with Gasteiger partial charge in [-0.2, -0.15) is 8.78 Å². The van der Waals surface area contributed by atoms with Crippen LogP contribution < -0.4 is 24.8 Å². The Labute approximate surface area is 179 Å². The fourth-order valence-corrected chi connectivity index (χ4v) is 2.66. The summed E-state index contributed by atoms with van der Waals surface area (Å²) in [6, 6.07) is 9.10. The van der Waals surface area contributed by atoms with Crippen molar-refractivity contribution in [2.45, 2.75) is 33.3 Å². The number of hydrogen-bond donors (Lipinski definition) is 2. The summed E-state index contributed by atoms with van der Waals surface area (Å²) in [5.41, 5.74) is 1.57. The van der Waals surface area contributed by atoms with Crippen LogP contribution in [0.2, 0.25) is 0 Å². The number of nitrogens with one attached hydrogen (secondary N) is 2. The molecule has 0 aromatic heterocycles. The minimum Gasteiger partial charge on any atom is -0.494 e. The molecule has 0 spiro atoms. The van der Waals surface area contributed by atoms with E-state index in [1.807, 2.05) is 13.0 Å². The molecule has 0 aliphatic rings. The number of anilines is 1. The number of carbonyl (C=O) groups is 2. The van der Waals surface area contributed by atoms with E-state index in [2.05, 4.69) is 22.3 Å². The highest BCUT2D eigenvalue weighted by atomic mass is 19.3. The van der Waals surface area contributed by atoms with Gasteiger partial charge in [0.05, 0.1) is 20.3 Å². The Bertz CT molecular complexity index is 905. The minimum atomic E-state index is -3.02. The number of aryl methyl sites for hydroxylation is 1. The van der Waals surface area contributed by atoms with Gasteiger partial charge in [-0.1, -0.05) is 13.3 Å². The molecular weight excluding hydrogens is 410 g/mol. The molecule has 2 amide bonds. The Balaban J connectivity index is 1.91. The van der Waals surface area contributed by atoms with Gasteiger partial charge in [-0.3, -0.25) is 9.59 Å². The zero-order chi connectivity index (χ0) is 22.8. The summed E-state index contributed by atoms with van der Waals surface area (Å²) in [5, 5.41) is 5.20. The molecule has 31 heavy (non-hydrogen) atoms. The van der Waals surface area contributed by atoms with Crippen LogP contribution in [0.3, 0.4) is 0 Å². The molecule has 9 heteroatoms. The van der Waals surface area contributed by atoms with E-state index in [1.54, 1.807) is 12.1 Å². The first kappa shape index (κ1) is 23.9. The fourth-order valence-electron chi connectivity index (χ4n) is 2.66. The molecule has 0 saturated carbocycles. The summed E-state index contributed by atoms with van der Waals surface area (Å²) >= 11 is 0. The molecule has 0 fully saturated rings. The second kappa shape index (κ2) is 11.7. The number of ether oxygens (including phenoxy) is 3. The summed E-state index contributed by atoms with van der Waals surface area (Å²) in [6.45, 7) is 1.27. The molecule has 0 aliphatic heterocycles. The van der Waals surface area contributed by atoms with E-state index in [-0.39, 0.29) is 23.6 Å². The average molecular weight is 436 g/mol. The molecule has 168 valence electrons. The summed E-state index contributed by atoms with van der Waals surface area (Å²) in [7, 11) is 1.27. The van der Waals surface area contributed by atoms with E-state index >= 15 is 0 Å². The van der Waals surface area contributed by atoms with Gasteiger partial charge in [-0.15, -0.1) is 0 Å². The molecular formula is C22H26F2N2O5. The standard InChI is InChI=1S/C22H26F2N2O5/c1-4-5-10-30-16-7-8-17(14(2)11-16)26-20(27)13-25-21(28)15-6-9-18(31-22(23)24)19(12-15)29-3/h6-9,11-12,22H,4-5,10,13H2,1-3H3,(H,25,28)(H,26,27). The first-order valence-electron chi connectivity index (χ1n) is 9.78. The highest BCUT2D eigenvalue weighted by molar-refractivity contribution is 5.99. The number of halogens is 2. The Hall–Kier alpha value is -3.36. The number of methoxy groups -OCH3 is 1. The van der Waals surface area contributed by atoms with Crippen molar-refractivity contribution in [3.63, 3.8) is 0 Å². The zero-order valence-electron chi connectivity index (χ0n) is 17.7. The molecule has 0 heterocycles. The third-order valence-electron chi connectivity index (χ3n) is 4.29. The van der Waals surface area contributed by atoms with Gasteiger partial charge in [-0.05, 0) is 55.3 Å². The van der Waals surface area contributed by atoms with Gasteiger partial charge in [0.25, 0.3) is 5.91 Å². The van der Waals surface area contributed by atoms with Crippen LogP contribution in [0.15, 0.2) is 36.4 Å². The lowest BCUT2D eigenvalue weighted by molar-refractivity contribution is -0.115. The Morgan fingerprint density at radius 2 is 1.87 bits per heavy atom. The second-order valence-corrected chi connectivity index (χ2v) is 6.65. The topological polar surface area (TPSA) is 85.9 Å². The Morgan fingerprint density at radius 1 is 1.10 bits per heavy atom. The lowest BCUT2D eigenvalue weighted by atomic mass is 10.2. The van der Waals surface area contributed by atoms with Crippen molar-refractivity contribution in [1.82, 2.24) is 5.32 Å². The summed E-state index contributed by atoms with van der Waals surface area (Å²) in [4.78, 5) is 24.5. The third kappa shape index (κ3) is 7.44. The predicted molar refractivity (Wildman–Crippen MR) is 112 cm³/mol. The highest BCUT2D eigenvalue weighted by Crippen LogP contribution is 2.29. The Morgan fingerprint density at radius 3 is 2.52 bits per heavy atom. The van der Waals surface area contributed by atoms with E-state index in [1.165, 1.54) is 25.3 Å². The smallest absolute Gasteiger partial charge is 0.387 e. The van der Waals surface area contributed by atoms with E-state index < -0.39 is 18.4 Å². The number of alkyl halides is 2.